The van der Waals surface area contributed by atoms with Crippen LogP contribution in [0.2, 0.25) is 0 Å². The lowest BCUT2D eigenvalue weighted by Crippen LogP contribution is -2.12. The second kappa shape index (κ2) is 5.52. The van der Waals surface area contributed by atoms with Crippen LogP contribution in [0.1, 0.15) is 21.5 Å². The number of anilines is 1. The Bertz CT molecular complexity index is 571. The summed E-state index contributed by atoms with van der Waals surface area (Å²) in [6.07, 6.45) is 1.50. The zero-order chi connectivity index (χ0) is 13.8. The van der Waals surface area contributed by atoms with Crippen LogP contribution in [0.5, 0.6) is 5.88 Å². The van der Waals surface area contributed by atoms with Gasteiger partial charge in [-0.1, -0.05) is 6.07 Å². The summed E-state index contributed by atoms with van der Waals surface area (Å²) in [6.45, 7) is 4.00. The fourth-order valence-electron chi connectivity index (χ4n) is 1.89. The summed E-state index contributed by atoms with van der Waals surface area (Å²) in [5, 5.41) is 2.86. The van der Waals surface area contributed by atoms with Crippen molar-refractivity contribution in [3.8, 4) is 5.88 Å². The van der Waals surface area contributed by atoms with Crippen molar-refractivity contribution in [2.75, 3.05) is 12.4 Å². The van der Waals surface area contributed by atoms with Gasteiger partial charge in [-0.2, -0.15) is 0 Å². The number of carbonyl (C=O) groups excluding carboxylic acids is 1. The summed E-state index contributed by atoms with van der Waals surface area (Å²) in [5.74, 6) is 0.308. The van der Waals surface area contributed by atoms with Crippen LogP contribution in [0.25, 0.3) is 0 Å². The molecule has 1 N–H and O–H groups in total. The Morgan fingerprint density at radius 2 is 1.84 bits per heavy atom. The summed E-state index contributed by atoms with van der Waals surface area (Å²) < 4.78 is 4.96. The molecule has 2 aromatic rings. The van der Waals surface area contributed by atoms with E-state index in [1.54, 1.807) is 12.1 Å². The van der Waals surface area contributed by atoms with Gasteiger partial charge in [-0.05, 0) is 43.2 Å². The second-order valence-corrected chi connectivity index (χ2v) is 4.42. The fourth-order valence-corrected chi connectivity index (χ4v) is 1.89. The third-order valence-corrected chi connectivity index (χ3v) is 2.69. The molecule has 0 saturated heterocycles. The highest BCUT2D eigenvalue weighted by atomic mass is 16.5. The number of pyridine rings is 1. The second-order valence-electron chi connectivity index (χ2n) is 4.42. The Morgan fingerprint density at radius 1 is 1.16 bits per heavy atom. The minimum absolute atomic E-state index is 0.180. The summed E-state index contributed by atoms with van der Waals surface area (Å²) in [7, 11) is 1.54. The van der Waals surface area contributed by atoms with Crippen molar-refractivity contribution in [2.45, 2.75) is 13.8 Å². The first-order valence-electron chi connectivity index (χ1n) is 5.98. The Kier molecular flexibility index (Phi) is 3.80. The number of aromatic nitrogens is 1. The minimum Gasteiger partial charge on any atom is -0.481 e. The molecule has 0 saturated carbocycles. The highest BCUT2D eigenvalue weighted by Gasteiger charge is 2.07. The van der Waals surface area contributed by atoms with Gasteiger partial charge in [0.25, 0.3) is 5.91 Å². The zero-order valence-corrected chi connectivity index (χ0v) is 11.2. The quantitative estimate of drug-likeness (QED) is 0.918. The first-order chi connectivity index (χ1) is 9.08. The maximum atomic E-state index is 12.0. The van der Waals surface area contributed by atoms with E-state index in [4.69, 9.17) is 4.74 Å². The molecule has 4 nitrogen and oxygen atoms in total. The van der Waals surface area contributed by atoms with Crippen molar-refractivity contribution in [3.63, 3.8) is 0 Å². The molecule has 0 spiro atoms. The van der Waals surface area contributed by atoms with E-state index in [-0.39, 0.29) is 5.91 Å². The number of aryl methyl sites for hydroxylation is 2. The first kappa shape index (κ1) is 13.1. The summed E-state index contributed by atoms with van der Waals surface area (Å²) in [4.78, 5) is 16.1. The Labute approximate surface area is 112 Å². The first-order valence-corrected chi connectivity index (χ1v) is 5.98. The third kappa shape index (κ3) is 3.31. The SMILES string of the molecule is COc1ccc(C(=O)Nc2cc(C)cc(C)c2)cn1. The number of benzene rings is 1. The molecule has 0 unspecified atom stereocenters. The number of carbonyl (C=O) groups is 1. The van der Waals surface area contributed by atoms with Crippen molar-refractivity contribution in [1.82, 2.24) is 4.98 Å². The van der Waals surface area contributed by atoms with Gasteiger partial charge in [0.15, 0.2) is 0 Å². The van der Waals surface area contributed by atoms with Gasteiger partial charge in [-0.3, -0.25) is 4.79 Å². The van der Waals surface area contributed by atoms with Crippen LogP contribution < -0.4 is 10.1 Å². The van der Waals surface area contributed by atoms with Crippen LogP contribution in [0, 0.1) is 13.8 Å². The lowest BCUT2D eigenvalue weighted by atomic mass is 10.1. The van der Waals surface area contributed by atoms with Gasteiger partial charge in [-0.25, -0.2) is 4.98 Å². The molecule has 1 aromatic heterocycles. The van der Waals surface area contributed by atoms with E-state index in [1.807, 2.05) is 26.0 Å². The highest BCUT2D eigenvalue weighted by Crippen LogP contribution is 2.15. The number of methoxy groups -OCH3 is 1. The Morgan fingerprint density at radius 3 is 2.37 bits per heavy atom. The lowest BCUT2D eigenvalue weighted by molar-refractivity contribution is 0.102. The largest absolute Gasteiger partial charge is 0.481 e. The van der Waals surface area contributed by atoms with E-state index in [2.05, 4.69) is 16.4 Å². The van der Waals surface area contributed by atoms with Crippen molar-refractivity contribution >= 4 is 11.6 Å². The molecule has 2 rings (SSSR count). The van der Waals surface area contributed by atoms with Crippen molar-refractivity contribution in [1.29, 1.82) is 0 Å². The maximum Gasteiger partial charge on any atom is 0.257 e. The van der Waals surface area contributed by atoms with Gasteiger partial charge in [0.1, 0.15) is 0 Å². The number of nitrogens with one attached hydrogen (secondary N) is 1. The van der Waals surface area contributed by atoms with Gasteiger partial charge < -0.3 is 10.1 Å². The van der Waals surface area contributed by atoms with Crippen LogP contribution in [-0.2, 0) is 0 Å². The molecule has 1 aromatic carbocycles. The van der Waals surface area contributed by atoms with Gasteiger partial charge in [0.2, 0.25) is 5.88 Å². The van der Waals surface area contributed by atoms with E-state index in [1.165, 1.54) is 13.3 Å². The molecule has 19 heavy (non-hydrogen) atoms. The molecule has 0 fully saturated rings. The van der Waals surface area contributed by atoms with Crippen LogP contribution in [-0.4, -0.2) is 18.0 Å². The van der Waals surface area contributed by atoms with E-state index < -0.39 is 0 Å². The zero-order valence-electron chi connectivity index (χ0n) is 11.2. The van der Waals surface area contributed by atoms with E-state index >= 15 is 0 Å². The Balaban J connectivity index is 2.15. The van der Waals surface area contributed by atoms with Crippen molar-refractivity contribution < 1.29 is 9.53 Å². The van der Waals surface area contributed by atoms with Crippen LogP contribution >= 0.6 is 0 Å². The Hall–Kier alpha value is -2.36. The van der Waals surface area contributed by atoms with E-state index in [9.17, 15) is 4.79 Å². The number of amides is 1. The van der Waals surface area contributed by atoms with E-state index in [0.717, 1.165) is 16.8 Å². The molecular formula is C15H16N2O2. The molecule has 4 heteroatoms. The smallest absolute Gasteiger partial charge is 0.257 e. The molecule has 0 radical (unpaired) electrons. The highest BCUT2D eigenvalue weighted by molar-refractivity contribution is 6.04. The summed E-state index contributed by atoms with van der Waals surface area (Å²) in [6, 6.07) is 9.27. The summed E-state index contributed by atoms with van der Waals surface area (Å²) in [5.41, 5.74) is 3.52. The third-order valence-electron chi connectivity index (χ3n) is 2.69. The molecule has 1 amide bonds. The molecule has 1 heterocycles. The van der Waals surface area contributed by atoms with Crippen LogP contribution in [0.15, 0.2) is 36.5 Å². The predicted molar refractivity (Wildman–Crippen MR) is 74.7 cm³/mol. The average molecular weight is 256 g/mol. The summed E-state index contributed by atoms with van der Waals surface area (Å²) >= 11 is 0. The van der Waals surface area contributed by atoms with Gasteiger partial charge in [-0.15, -0.1) is 0 Å². The molecule has 98 valence electrons. The van der Waals surface area contributed by atoms with Gasteiger partial charge in [0.05, 0.1) is 12.7 Å². The van der Waals surface area contributed by atoms with Crippen LogP contribution in [0.4, 0.5) is 5.69 Å². The van der Waals surface area contributed by atoms with Crippen molar-refractivity contribution in [3.05, 3.63) is 53.2 Å². The number of ether oxygens (including phenoxy) is 1. The molecular weight excluding hydrogens is 240 g/mol. The number of hydrogen-bond acceptors (Lipinski definition) is 3. The van der Waals surface area contributed by atoms with Gasteiger partial charge >= 0.3 is 0 Å². The topological polar surface area (TPSA) is 51.2 Å². The molecule has 0 atom stereocenters. The van der Waals surface area contributed by atoms with E-state index in [0.29, 0.717) is 11.4 Å². The fraction of sp³-hybridized carbons (Fsp3) is 0.200. The standard InChI is InChI=1S/C15H16N2O2/c1-10-6-11(2)8-13(7-10)17-15(18)12-4-5-14(19-3)16-9-12/h4-9H,1-3H3,(H,17,18). The number of hydrogen-bond donors (Lipinski definition) is 1. The molecule has 0 aliphatic carbocycles. The van der Waals surface area contributed by atoms with Crippen LogP contribution in [0.3, 0.4) is 0 Å². The predicted octanol–water partition coefficient (Wildman–Crippen LogP) is 2.96. The average Bonchev–Trinajstić information content (AvgIpc) is 2.37. The monoisotopic (exact) mass is 256 g/mol. The molecule has 0 aliphatic heterocycles. The molecule has 0 aliphatic rings. The maximum absolute atomic E-state index is 12.0. The number of rotatable bonds is 3. The molecule has 0 bridgehead atoms. The minimum atomic E-state index is -0.180. The lowest BCUT2D eigenvalue weighted by Gasteiger charge is -2.07. The number of nitrogens with zero attached hydrogens (tertiary/aromatic N) is 1. The van der Waals surface area contributed by atoms with Crippen molar-refractivity contribution in [2.24, 2.45) is 0 Å². The normalized spacial score (nSPS) is 10.1. The van der Waals surface area contributed by atoms with Gasteiger partial charge in [0, 0.05) is 18.0 Å².